The number of benzene rings is 10. The van der Waals surface area contributed by atoms with E-state index < -0.39 is 10.8 Å². The highest BCUT2D eigenvalue weighted by Gasteiger charge is 2.52. The number of hydrogen-bond donors (Lipinski definition) is 0. The van der Waals surface area contributed by atoms with Gasteiger partial charge in [0.15, 0.2) is 0 Å². The minimum Gasteiger partial charge on any atom is -0.309 e. The zero-order valence-corrected chi connectivity index (χ0v) is 37.9. The van der Waals surface area contributed by atoms with E-state index >= 15 is 0 Å². The Morgan fingerprint density at radius 1 is 0.388 bits per heavy atom. The molecule has 0 aromatic heterocycles. The van der Waals surface area contributed by atoms with Crippen LogP contribution in [0.25, 0.3) is 21.5 Å². The Kier molecular flexibility index (Phi) is 9.84. The third-order valence-electron chi connectivity index (χ3n) is 14.5. The first-order valence-corrected chi connectivity index (χ1v) is 23.6. The van der Waals surface area contributed by atoms with E-state index in [9.17, 15) is 0 Å². The van der Waals surface area contributed by atoms with Crippen LogP contribution in [-0.2, 0) is 10.8 Å². The summed E-state index contributed by atoms with van der Waals surface area (Å²) >= 11 is 0. The number of nitrogens with zero attached hydrogens (tertiary/aromatic N) is 2. The van der Waals surface area contributed by atoms with Crippen molar-refractivity contribution in [2.45, 2.75) is 31.1 Å². The first-order chi connectivity index (χ1) is 33.2. The molecule has 12 rings (SSSR count). The van der Waals surface area contributed by atoms with E-state index in [1.165, 1.54) is 71.7 Å². The first-order valence-electron chi connectivity index (χ1n) is 23.6. The molecule has 0 bridgehead atoms. The average Bonchev–Trinajstić information content (AvgIpc) is 3.40. The first kappa shape index (κ1) is 40.3. The molecule has 0 radical (unpaired) electrons. The average molecular weight is 859 g/mol. The summed E-state index contributed by atoms with van der Waals surface area (Å²) in [5.41, 5.74) is 15.5. The summed E-state index contributed by atoms with van der Waals surface area (Å²) in [4.78, 5) is 5.16. The van der Waals surface area contributed by atoms with E-state index in [0.717, 1.165) is 34.9 Å². The third kappa shape index (κ3) is 5.96. The van der Waals surface area contributed by atoms with Crippen molar-refractivity contribution in [1.29, 1.82) is 0 Å². The Hall–Kier alpha value is -8.20. The van der Waals surface area contributed by atoms with Gasteiger partial charge in [0.05, 0.1) is 45.0 Å². The van der Waals surface area contributed by atoms with Crippen LogP contribution < -0.4 is 9.80 Å². The third-order valence-corrected chi connectivity index (χ3v) is 14.5. The van der Waals surface area contributed by atoms with E-state index in [2.05, 4.69) is 278 Å². The van der Waals surface area contributed by atoms with Gasteiger partial charge in [-0.25, -0.2) is 0 Å². The number of allylic oxidation sites excluding steroid dienone is 4. The van der Waals surface area contributed by atoms with E-state index in [4.69, 9.17) is 0 Å². The summed E-state index contributed by atoms with van der Waals surface area (Å²) in [5.74, 6) is 0. The molecule has 0 spiro atoms. The second kappa shape index (κ2) is 16.3. The molecule has 67 heavy (non-hydrogen) atoms. The second-order valence-electron chi connectivity index (χ2n) is 17.8. The largest absolute Gasteiger partial charge is 0.309 e. The Morgan fingerprint density at radius 2 is 0.806 bits per heavy atom. The quantitative estimate of drug-likeness (QED) is 0.141. The van der Waals surface area contributed by atoms with Gasteiger partial charge in [-0.15, -0.1) is 0 Å². The van der Waals surface area contributed by atoms with E-state index in [0.29, 0.717) is 0 Å². The van der Waals surface area contributed by atoms with Crippen molar-refractivity contribution in [3.8, 4) is 0 Å². The summed E-state index contributed by atoms with van der Waals surface area (Å²) in [5, 5.41) is 4.82. The number of anilines is 6. The molecular formula is C65H50N2. The van der Waals surface area contributed by atoms with Crippen molar-refractivity contribution < 1.29 is 0 Å². The van der Waals surface area contributed by atoms with Crippen LogP contribution in [0, 0.1) is 0 Å². The zero-order chi connectivity index (χ0) is 45.0. The molecule has 2 nitrogen and oxygen atoms in total. The predicted octanol–water partition coefficient (Wildman–Crippen LogP) is 17.2. The van der Waals surface area contributed by atoms with Crippen molar-refractivity contribution >= 4 is 55.7 Å². The molecule has 320 valence electrons. The van der Waals surface area contributed by atoms with Gasteiger partial charge in [-0.3, -0.25) is 0 Å². The van der Waals surface area contributed by atoms with Gasteiger partial charge in [-0.2, -0.15) is 0 Å². The molecule has 0 fully saturated rings. The van der Waals surface area contributed by atoms with Gasteiger partial charge < -0.3 is 9.80 Å². The van der Waals surface area contributed by atoms with Gasteiger partial charge in [-0.05, 0) is 99.5 Å². The molecule has 0 N–H and O–H groups in total. The molecule has 10 aromatic carbocycles. The van der Waals surface area contributed by atoms with Crippen molar-refractivity contribution in [3.05, 3.63) is 299 Å². The molecular weight excluding hydrogens is 809 g/mol. The Morgan fingerprint density at radius 3 is 1.36 bits per heavy atom. The number of hydrogen-bond acceptors (Lipinski definition) is 2. The summed E-state index contributed by atoms with van der Waals surface area (Å²) in [6, 6.07) is 88.5. The molecule has 1 atom stereocenters. The van der Waals surface area contributed by atoms with E-state index in [1.807, 2.05) is 0 Å². The number of rotatable bonds is 8. The lowest BCUT2D eigenvalue weighted by molar-refractivity contribution is 0.678. The molecule has 2 aliphatic rings. The predicted molar refractivity (Wildman–Crippen MR) is 282 cm³/mol. The highest BCUT2D eigenvalue weighted by atomic mass is 15.2. The molecule has 0 saturated carbocycles. The molecule has 10 aromatic rings. The van der Waals surface area contributed by atoms with Crippen molar-refractivity contribution in [1.82, 2.24) is 0 Å². The monoisotopic (exact) mass is 858 g/mol. The van der Waals surface area contributed by atoms with Crippen molar-refractivity contribution in [2.75, 3.05) is 9.80 Å². The molecule has 2 heteroatoms. The van der Waals surface area contributed by atoms with E-state index in [1.54, 1.807) is 0 Å². The fourth-order valence-corrected chi connectivity index (χ4v) is 11.8. The number of para-hydroxylation sites is 2. The fraction of sp³-hybridized carbons (Fsp3) is 0.0769. The lowest BCUT2D eigenvalue weighted by Gasteiger charge is -2.51. The SMILES string of the molecule is C/C=C\C=C(/CC)C1(c2ccccc2)c2ccccc2N(c2cccc3ccccc23)c2cc3c(cc21)N(c1cccc2ccccc12)c1ccccc1C3(c1ccccc1)c1ccccc1. The number of fused-ring (bicyclic) bond motifs is 6. The summed E-state index contributed by atoms with van der Waals surface area (Å²) in [6.07, 6.45) is 7.62. The molecule has 0 aliphatic carbocycles. The van der Waals surface area contributed by atoms with E-state index in [-0.39, 0.29) is 0 Å². The second-order valence-corrected chi connectivity index (χ2v) is 17.8. The molecule has 1 unspecified atom stereocenters. The maximum absolute atomic E-state index is 2.60. The van der Waals surface area contributed by atoms with Gasteiger partial charge in [0.25, 0.3) is 0 Å². The van der Waals surface area contributed by atoms with Crippen molar-refractivity contribution in [3.63, 3.8) is 0 Å². The minimum absolute atomic E-state index is 0.679. The highest BCUT2D eigenvalue weighted by Crippen LogP contribution is 2.65. The molecule has 0 saturated heterocycles. The summed E-state index contributed by atoms with van der Waals surface area (Å²) in [6.45, 7) is 4.44. The minimum atomic E-state index is -0.713. The van der Waals surface area contributed by atoms with Gasteiger partial charge in [0.2, 0.25) is 0 Å². The molecule has 2 aliphatic heterocycles. The topological polar surface area (TPSA) is 6.48 Å². The smallest absolute Gasteiger partial charge is 0.0743 e. The fourth-order valence-electron chi connectivity index (χ4n) is 11.8. The maximum atomic E-state index is 2.60. The van der Waals surface area contributed by atoms with Crippen LogP contribution in [0.1, 0.15) is 59.2 Å². The molecule has 0 amide bonds. The summed E-state index contributed by atoms with van der Waals surface area (Å²) < 4.78 is 0. The Bertz CT molecular complexity index is 3480. The van der Waals surface area contributed by atoms with Crippen LogP contribution in [-0.4, -0.2) is 0 Å². The highest BCUT2D eigenvalue weighted by molar-refractivity contribution is 6.05. The van der Waals surface area contributed by atoms with Gasteiger partial charge in [0, 0.05) is 10.8 Å². The molecule has 2 heterocycles. The van der Waals surface area contributed by atoms with Crippen LogP contribution in [0.15, 0.2) is 260 Å². The van der Waals surface area contributed by atoms with Crippen LogP contribution >= 0.6 is 0 Å². The van der Waals surface area contributed by atoms with Crippen LogP contribution in [0.4, 0.5) is 34.1 Å². The van der Waals surface area contributed by atoms with Gasteiger partial charge in [-0.1, -0.05) is 231 Å². The Labute approximate surface area is 394 Å². The van der Waals surface area contributed by atoms with Crippen LogP contribution in [0.5, 0.6) is 0 Å². The standard InChI is InChI=1S/C65H50N2/c1-3-5-29-48(4-2)64(49-30-9-6-10-31-49)54-38-19-21-40-60(54)66(58-42-23-27-46-25-15-17-36-52(46)58)62-45-57-63(44-56(62)64)67(59-43-24-28-47-26-16-18-37-53(47)59)61-41-22-20-39-55(61)65(57,50-32-11-7-12-33-50)51-34-13-8-14-35-51/h3,5-45H,4H2,1-2H3/b5-3-,48-29+. The zero-order valence-electron chi connectivity index (χ0n) is 37.9. The van der Waals surface area contributed by atoms with Crippen molar-refractivity contribution in [2.24, 2.45) is 0 Å². The summed E-state index contributed by atoms with van der Waals surface area (Å²) in [7, 11) is 0. The van der Waals surface area contributed by atoms with Crippen LogP contribution in [0.2, 0.25) is 0 Å². The van der Waals surface area contributed by atoms with Gasteiger partial charge in [0.1, 0.15) is 0 Å². The van der Waals surface area contributed by atoms with Crippen LogP contribution in [0.3, 0.4) is 0 Å². The maximum Gasteiger partial charge on any atom is 0.0743 e. The lowest BCUT2D eigenvalue weighted by atomic mass is 9.58. The Balaban J connectivity index is 1.34. The van der Waals surface area contributed by atoms with Gasteiger partial charge >= 0.3 is 0 Å². The normalized spacial score (nSPS) is 16.1. The lowest BCUT2D eigenvalue weighted by Crippen LogP contribution is -2.41.